The summed E-state index contributed by atoms with van der Waals surface area (Å²) in [5.41, 5.74) is 4.71. The summed E-state index contributed by atoms with van der Waals surface area (Å²) in [5.74, 6) is 0.777. The molecule has 6 heteroatoms. The number of aryl methyl sites for hydroxylation is 2. The maximum absolute atomic E-state index is 4.43. The molecule has 2 aliphatic carbocycles. The van der Waals surface area contributed by atoms with Gasteiger partial charge in [0.1, 0.15) is 0 Å². The van der Waals surface area contributed by atoms with Crippen LogP contribution in [0.2, 0.25) is 0 Å². The summed E-state index contributed by atoms with van der Waals surface area (Å²) in [6.45, 7) is 4.28. The van der Waals surface area contributed by atoms with Crippen molar-refractivity contribution in [3.63, 3.8) is 0 Å². The average molecular weight is 326 g/mol. The third kappa shape index (κ3) is 2.89. The van der Waals surface area contributed by atoms with Crippen molar-refractivity contribution in [3.8, 4) is 0 Å². The Bertz CT molecular complexity index is 666. The predicted molar refractivity (Wildman–Crippen MR) is 91.5 cm³/mol. The van der Waals surface area contributed by atoms with Gasteiger partial charge in [-0.25, -0.2) is 0 Å². The molecule has 4 rings (SSSR count). The maximum Gasteiger partial charge on any atom is 0.151 e. The Morgan fingerprint density at radius 1 is 0.625 bits per heavy atom. The largest absolute Gasteiger partial charge is 0.200 e. The Morgan fingerprint density at radius 3 is 1.50 bits per heavy atom. The van der Waals surface area contributed by atoms with E-state index in [4.69, 9.17) is 0 Å². The fourth-order valence-corrected chi connectivity index (χ4v) is 3.94. The molecule has 2 aromatic heterocycles. The molecule has 0 aliphatic heterocycles. The van der Waals surface area contributed by atoms with Gasteiger partial charge < -0.3 is 0 Å². The van der Waals surface area contributed by atoms with E-state index in [0.29, 0.717) is 0 Å². The van der Waals surface area contributed by atoms with Gasteiger partial charge in [0.05, 0.1) is 22.8 Å². The van der Waals surface area contributed by atoms with Crippen LogP contribution in [0.25, 0.3) is 0 Å². The van der Waals surface area contributed by atoms with Crippen molar-refractivity contribution < 1.29 is 0 Å². The molecule has 0 atom stereocenters. The molecule has 0 bridgehead atoms. The van der Waals surface area contributed by atoms with Crippen LogP contribution < -0.4 is 0 Å². The van der Waals surface area contributed by atoms with Gasteiger partial charge in [0.25, 0.3) is 0 Å². The molecule has 0 fully saturated rings. The van der Waals surface area contributed by atoms with E-state index in [2.05, 4.69) is 27.2 Å². The number of hydrogen-bond acceptors (Lipinski definition) is 4. The van der Waals surface area contributed by atoms with Crippen molar-refractivity contribution in [2.24, 2.45) is 0 Å². The molecule has 24 heavy (non-hydrogen) atoms. The van der Waals surface area contributed by atoms with Gasteiger partial charge in [-0.1, -0.05) is 42.7 Å². The second kappa shape index (κ2) is 6.87. The van der Waals surface area contributed by atoms with Gasteiger partial charge in [0, 0.05) is 0 Å². The summed E-state index contributed by atoms with van der Waals surface area (Å²) in [5, 5.41) is 17.7. The molecule has 0 radical (unpaired) electrons. The molecular formula is C18H26N6. The molecule has 2 heterocycles. The van der Waals surface area contributed by atoms with Gasteiger partial charge in [0.15, 0.2) is 5.82 Å². The summed E-state index contributed by atoms with van der Waals surface area (Å²) < 4.78 is 3.82. The fraction of sp³-hybridized carbons (Fsp3) is 0.667. The highest BCUT2D eigenvalue weighted by Gasteiger charge is 2.21. The molecule has 0 spiro atoms. The van der Waals surface area contributed by atoms with Crippen LogP contribution in [0, 0.1) is 5.82 Å². The van der Waals surface area contributed by atoms with E-state index in [1.165, 1.54) is 62.8 Å². The van der Waals surface area contributed by atoms with Crippen molar-refractivity contribution in [2.75, 3.05) is 0 Å². The molecule has 0 amide bonds. The summed E-state index contributed by atoms with van der Waals surface area (Å²) in [6, 6.07) is 0. The van der Waals surface area contributed by atoms with E-state index >= 15 is 0 Å². The van der Waals surface area contributed by atoms with E-state index in [-0.39, 0.29) is 0 Å². The number of hydrogen-bond donors (Lipinski definition) is 0. The SMILES string of the molecule is C=C(n1nnc2c1CCCCCC2)n1nnc2c1CCCCCC2. The first-order valence-electron chi connectivity index (χ1n) is 9.41. The van der Waals surface area contributed by atoms with Gasteiger partial charge in [-0.05, 0) is 51.4 Å². The summed E-state index contributed by atoms with van der Waals surface area (Å²) >= 11 is 0. The fourth-order valence-electron chi connectivity index (χ4n) is 3.94. The number of rotatable bonds is 2. The summed E-state index contributed by atoms with van der Waals surface area (Å²) in [7, 11) is 0. The van der Waals surface area contributed by atoms with E-state index in [1.807, 2.05) is 9.36 Å². The van der Waals surface area contributed by atoms with Crippen molar-refractivity contribution in [2.45, 2.75) is 77.0 Å². The molecule has 0 saturated heterocycles. The molecule has 128 valence electrons. The molecular weight excluding hydrogens is 300 g/mol. The minimum absolute atomic E-state index is 0.777. The van der Waals surface area contributed by atoms with Gasteiger partial charge in [-0.15, -0.1) is 10.2 Å². The van der Waals surface area contributed by atoms with Crippen LogP contribution in [0.1, 0.15) is 74.1 Å². The van der Waals surface area contributed by atoms with Crippen molar-refractivity contribution in [3.05, 3.63) is 35.2 Å². The van der Waals surface area contributed by atoms with Gasteiger partial charge >= 0.3 is 0 Å². The molecule has 0 saturated carbocycles. The lowest BCUT2D eigenvalue weighted by atomic mass is 10.0. The van der Waals surface area contributed by atoms with Crippen LogP contribution in [0.15, 0.2) is 6.58 Å². The monoisotopic (exact) mass is 326 g/mol. The van der Waals surface area contributed by atoms with Crippen LogP contribution in [0.3, 0.4) is 0 Å². The smallest absolute Gasteiger partial charge is 0.151 e. The lowest BCUT2D eigenvalue weighted by molar-refractivity contribution is 0.538. The lowest BCUT2D eigenvalue weighted by Crippen LogP contribution is -2.19. The molecule has 2 aromatic rings. The predicted octanol–water partition coefficient (Wildman–Crippen LogP) is 2.98. The number of nitrogens with zero attached hydrogens (tertiary/aromatic N) is 6. The first-order valence-corrected chi connectivity index (χ1v) is 9.41. The Hall–Kier alpha value is -1.98. The van der Waals surface area contributed by atoms with Crippen LogP contribution in [-0.2, 0) is 25.7 Å². The third-order valence-electron chi connectivity index (χ3n) is 5.33. The zero-order valence-electron chi connectivity index (χ0n) is 14.4. The zero-order chi connectivity index (χ0) is 16.4. The molecule has 0 unspecified atom stereocenters. The van der Waals surface area contributed by atoms with Crippen molar-refractivity contribution in [1.82, 2.24) is 30.0 Å². The zero-order valence-corrected chi connectivity index (χ0v) is 14.4. The topological polar surface area (TPSA) is 61.4 Å². The van der Waals surface area contributed by atoms with Crippen LogP contribution in [0.4, 0.5) is 0 Å². The van der Waals surface area contributed by atoms with Crippen LogP contribution >= 0.6 is 0 Å². The standard InChI is InChI=1S/C18H26N6/c1-14(23-17-12-8-4-2-6-10-15(17)19-21-23)24-18-13-9-5-3-7-11-16(18)20-22-24/h1-13H2. The Balaban J connectivity index is 1.67. The molecule has 6 nitrogen and oxygen atoms in total. The van der Waals surface area contributed by atoms with Crippen molar-refractivity contribution in [1.29, 1.82) is 0 Å². The van der Waals surface area contributed by atoms with Crippen molar-refractivity contribution >= 4 is 0 Å². The Labute approximate surface area is 142 Å². The minimum atomic E-state index is 0.777. The number of aromatic nitrogens is 6. The van der Waals surface area contributed by atoms with Gasteiger partial charge in [-0.2, -0.15) is 9.36 Å². The summed E-state index contributed by atoms with van der Waals surface area (Å²) in [6.07, 6.45) is 14.1. The first-order chi connectivity index (χ1) is 11.8. The van der Waals surface area contributed by atoms with E-state index in [0.717, 1.165) is 42.9 Å². The molecule has 0 N–H and O–H groups in total. The average Bonchev–Trinajstić information content (AvgIpc) is 3.10. The normalized spacial score (nSPS) is 18.7. The third-order valence-corrected chi connectivity index (χ3v) is 5.33. The van der Waals surface area contributed by atoms with Gasteiger partial charge in [-0.3, -0.25) is 0 Å². The van der Waals surface area contributed by atoms with E-state index in [9.17, 15) is 0 Å². The second-order valence-electron chi connectivity index (χ2n) is 7.03. The molecule has 0 aromatic carbocycles. The van der Waals surface area contributed by atoms with Crippen LogP contribution in [-0.4, -0.2) is 30.0 Å². The van der Waals surface area contributed by atoms with Crippen LogP contribution in [0.5, 0.6) is 0 Å². The highest BCUT2D eigenvalue weighted by atomic mass is 15.5. The van der Waals surface area contributed by atoms with E-state index in [1.54, 1.807) is 0 Å². The Morgan fingerprint density at radius 2 is 1.04 bits per heavy atom. The second-order valence-corrected chi connectivity index (χ2v) is 7.03. The molecule has 2 aliphatic rings. The quantitative estimate of drug-likeness (QED) is 0.851. The first kappa shape index (κ1) is 15.5. The highest BCUT2D eigenvalue weighted by molar-refractivity contribution is 5.18. The Kier molecular flexibility index (Phi) is 4.45. The highest BCUT2D eigenvalue weighted by Crippen LogP contribution is 2.22. The minimum Gasteiger partial charge on any atom is -0.200 e. The number of fused-ring (bicyclic) bond motifs is 2. The van der Waals surface area contributed by atoms with Gasteiger partial charge in [0.2, 0.25) is 0 Å². The summed E-state index contributed by atoms with van der Waals surface area (Å²) in [4.78, 5) is 0. The van der Waals surface area contributed by atoms with E-state index < -0.39 is 0 Å². The maximum atomic E-state index is 4.43. The lowest BCUT2D eigenvalue weighted by Gasteiger charge is -2.15.